The van der Waals surface area contributed by atoms with Gasteiger partial charge in [-0.25, -0.2) is 0 Å². The smallest absolute Gasteiger partial charge is 0.141 e. The van der Waals surface area contributed by atoms with Crippen molar-refractivity contribution in [2.24, 2.45) is 5.18 Å². The second-order valence-electron chi connectivity index (χ2n) is 4.22. The first-order valence-electron chi connectivity index (χ1n) is 5.92. The minimum absolute atomic E-state index is 0.417. The number of fused-ring (bicyclic) bond motifs is 1. The molecule has 0 saturated carbocycles. The van der Waals surface area contributed by atoms with Gasteiger partial charge in [-0.2, -0.15) is 0 Å². The van der Waals surface area contributed by atoms with Crippen LogP contribution < -0.4 is 4.74 Å². The Kier molecular flexibility index (Phi) is 2.76. The van der Waals surface area contributed by atoms with E-state index in [1.807, 2.05) is 48.5 Å². The van der Waals surface area contributed by atoms with Gasteiger partial charge >= 0.3 is 0 Å². The van der Waals surface area contributed by atoms with Gasteiger partial charge in [0.15, 0.2) is 0 Å². The number of rotatable bonds is 3. The maximum atomic E-state index is 11.2. The fourth-order valence-corrected chi connectivity index (χ4v) is 2.19. The summed E-state index contributed by atoms with van der Waals surface area (Å²) >= 11 is 0. The van der Waals surface area contributed by atoms with Crippen molar-refractivity contribution in [2.45, 2.75) is 0 Å². The summed E-state index contributed by atoms with van der Waals surface area (Å²) in [7, 11) is 1.60. The predicted octanol–water partition coefficient (Wildman–Crippen LogP) is 4.24. The average molecular weight is 252 g/mol. The molecule has 0 fully saturated rings. The first kappa shape index (κ1) is 11.5. The molecule has 94 valence electrons. The van der Waals surface area contributed by atoms with Crippen molar-refractivity contribution in [1.29, 1.82) is 0 Å². The van der Waals surface area contributed by atoms with E-state index in [2.05, 4.69) is 10.2 Å². The average Bonchev–Trinajstić information content (AvgIpc) is 2.85. The van der Waals surface area contributed by atoms with E-state index in [1.54, 1.807) is 7.11 Å². The molecule has 19 heavy (non-hydrogen) atoms. The summed E-state index contributed by atoms with van der Waals surface area (Å²) in [6.07, 6.45) is 0. The summed E-state index contributed by atoms with van der Waals surface area (Å²) in [5, 5.41) is 3.95. The molecule has 1 heterocycles. The summed E-state index contributed by atoms with van der Waals surface area (Å²) < 4.78 is 5.18. The molecule has 4 heteroatoms. The minimum atomic E-state index is 0.417. The maximum absolute atomic E-state index is 11.2. The zero-order chi connectivity index (χ0) is 13.2. The SMILES string of the molecule is COc1ccc2[nH]c(-c3ccccc3)c(N=O)c2c1. The van der Waals surface area contributed by atoms with Crippen LogP contribution in [0.2, 0.25) is 0 Å². The Morgan fingerprint density at radius 1 is 1.11 bits per heavy atom. The van der Waals surface area contributed by atoms with E-state index >= 15 is 0 Å². The van der Waals surface area contributed by atoms with Gasteiger partial charge in [0.2, 0.25) is 0 Å². The lowest BCUT2D eigenvalue weighted by Crippen LogP contribution is -1.80. The van der Waals surface area contributed by atoms with Gasteiger partial charge in [-0.05, 0) is 23.4 Å². The topological polar surface area (TPSA) is 54.4 Å². The van der Waals surface area contributed by atoms with Crippen LogP contribution in [0.5, 0.6) is 5.75 Å². The van der Waals surface area contributed by atoms with Crippen LogP contribution in [0.1, 0.15) is 0 Å². The highest BCUT2D eigenvalue weighted by Gasteiger charge is 2.14. The van der Waals surface area contributed by atoms with E-state index in [9.17, 15) is 4.91 Å². The van der Waals surface area contributed by atoms with Gasteiger partial charge in [0.05, 0.1) is 12.8 Å². The molecule has 0 atom stereocenters. The number of aromatic nitrogens is 1. The summed E-state index contributed by atoms with van der Waals surface area (Å²) in [5.41, 5.74) is 2.96. The molecule has 4 nitrogen and oxygen atoms in total. The van der Waals surface area contributed by atoms with Crippen molar-refractivity contribution in [1.82, 2.24) is 4.98 Å². The van der Waals surface area contributed by atoms with Crippen LogP contribution in [0.25, 0.3) is 22.2 Å². The number of H-pyrrole nitrogens is 1. The van der Waals surface area contributed by atoms with Gasteiger partial charge < -0.3 is 9.72 Å². The van der Waals surface area contributed by atoms with E-state index < -0.39 is 0 Å². The third kappa shape index (κ3) is 1.87. The number of hydrogen-bond donors (Lipinski definition) is 1. The molecule has 0 aliphatic rings. The zero-order valence-corrected chi connectivity index (χ0v) is 10.4. The van der Waals surface area contributed by atoms with Crippen LogP contribution in [0.3, 0.4) is 0 Å². The number of benzene rings is 2. The molecule has 2 aromatic carbocycles. The second-order valence-corrected chi connectivity index (χ2v) is 4.22. The number of hydrogen-bond acceptors (Lipinski definition) is 3. The Hall–Kier alpha value is -2.62. The number of aromatic amines is 1. The molecule has 1 aromatic heterocycles. The first-order valence-corrected chi connectivity index (χ1v) is 5.92. The van der Waals surface area contributed by atoms with Gasteiger partial charge in [0.1, 0.15) is 11.4 Å². The van der Waals surface area contributed by atoms with Gasteiger partial charge in [-0.3, -0.25) is 0 Å². The number of ether oxygens (including phenoxy) is 1. The Morgan fingerprint density at radius 2 is 1.89 bits per heavy atom. The van der Waals surface area contributed by atoms with E-state index in [-0.39, 0.29) is 0 Å². The third-order valence-corrected chi connectivity index (χ3v) is 3.13. The van der Waals surface area contributed by atoms with Gasteiger partial charge in [0, 0.05) is 16.5 Å². The molecule has 0 amide bonds. The molecule has 0 saturated heterocycles. The Bertz CT molecular complexity index is 732. The monoisotopic (exact) mass is 252 g/mol. The van der Waals surface area contributed by atoms with Crippen molar-refractivity contribution < 1.29 is 4.74 Å². The van der Waals surface area contributed by atoms with Crippen molar-refractivity contribution in [2.75, 3.05) is 7.11 Å². The lowest BCUT2D eigenvalue weighted by molar-refractivity contribution is 0.415. The molecule has 0 bridgehead atoms. The summed E-state index contributed by atoms with van der Waals surface area (Å²) in [4.78, 5) is 14.4. The van der Waals surface area contributed by atoms with Crippen molar-refractivity contribution >= 4 is 16.6 Å². The zero-order valence-electron chi connectivity index (χ0n) is 10.4. The van der Waals surface area contributed by atoms with E-state index in [0.717, 1.165) is 22.2 Å². The maximum Gasteiger partial charge on any atom is 0.141 e. The molecule has 0 spiro atoms. The highest BCUT2D eigenvalue weighted by atomic mass is 16.5. The molecular formula is C15H12N2O2. The lowest BCUT2D eigenvalue weighted by atomic mass is 10.1. The largest absolute Gasteiger partial charge is 0.497 e. The second kappa shape index (κ2) is 4.57. The van der Waals surface area contributed by atoms with Crippen molar-refractivity contribution in [3.8, 4) is 17.0 Å². The number of nitrogens with zero attached hydrogens (tertiary/aromatic N) is 1. The summed E-state index contributed by atoms with van der Waals surface area (Å²) in [5.74, 6) is 0.705. The molecular weight excluding hydrogens is 240 g/mol. The van der Waals surface area contributed by atoms with E-state index in [4.69, 9.17) is 4.74 Å². The summed E-state index contributed by atoms with van der Waals surface area (Å²) in [6, 6.07) is 15.2. The molecule has 0 unspecified atom stereocenters. The molecule has 1 N–H and O–H groups in total. The van der Waals surface area contributed by atoms with E-state index in [0.29, 0.717) is 11.4 Å². The minimum Gasteiger partial charge on any atom is -0.497 e. The number of nitrogens with one attached hydrogen (secondary N) is 1. The molecule has 3 rings (SSSR count). The van der Waals surface area contributed by atoms with Crippen LogP contribution in [0, 0.1) is 4.91 Å². The predicted molar refractivity (Wildman–Crippen MR) is 75.7 cm³/mol. The van der Waals surface area contributed by atoms with Crippen LogP contribution in [-0.4, -0.2) is 12.1 Å². The quantitative estimate of drug-likeness (QED) is 0.709. The van der Waals surface area contributed by atoms with Crippen LogP contribution in [-0.2, 0) is 0 Å². The molecule has 0 aliphatic carbocycles. The van der Waals surface area contributed by atoms with Crippen LogP contribution in [0.4, 0.5) is 5.69 Å². The highest BCUT2D eigenvalue weighted by molar-refractivity contribution is 6.00. The fourth-order valence-electron chi connectivity index (χ4n) is 2.19. The normalized spacial score (nSPS) is 10.6. The van der Waals surface area contributed by atoms with Gasteiger partial charge in [0.25, 0.3) is 0 Å². The molecule has 0 aliphatic heterocycles. The fraction of sp³-hybridized carbons (Fsp3) is 0.0667. The summed E-state index contributed by atoms with van der Waals surface area (Å²) in [6.45, 7) is 0. The Balaban J connectivity index is 2.29. The van der Waals surface area contributed by atoms with Crippen LogP contribution in [0.15, 0.2) is 53.7 Å². The number of methoxy groups -OCH3 is 1. The third-order valence-electron chi connectivity index (χ3n) is 3.13. The lowest BCUT2D eigenvalue weighted by Gasteiger charge is -1.98. The van der Waals surface area contributed by atoms with Crippen molar-refractivity contribution in [3.63, 3.8) is 0 Å². The standard InChI is InChI=1S/C15H12N2O2/c1-19-11-7-8-13-12(9-11)15(17-18)14(16-13)10-5-3-2-4-6-10/h2-9,16H,1H3. The molecule has 3 aromatic rings. The number of nitroso groups, excluding NO2 is 1. The molecule has 0 radical (unpaired) electrons. The van der Waals surface area contributed by atoms with Crippen molar-refractivity contribution in [3.05, 3.63) is 53.4 Å². The highest BCUT2D eigenvalue weighted by Crippen LogP contribution is 2.38. The van der Waals surface area contributed by atoms with Crippen LogP contribution >= 0.6 is 0 Å². The first-order chi connectivity index (χ1) is 9.33. The van der Waals surface area contributed by atoms with Gasteiger partial charge in [-0.1, -0.05) is 30.3 Å². The Morgan fingerprint density at radius 3 is 2.58 bits per heavy atom. The van der Waals surface area contributed by atoms with E-state index in [1.165, 1.54) is 0 Å². The Labute approximate surface area is 110 Å². The van der Waals surface area contributed by atoms with Gasteiger partial charge in [-0.15, -0.1) is 4.91 Å².